The molecule has 0 radical (unpaired) electrons. The Bertz CT molecular complexity index is 446. The SMILES string of the molecule is NC(CC1CC2CCC1C2)c1ccc(Cl)cc1Cl. The van der Waals surface area contributed by atoms with Gasteiger partial charge in [0.1, 0.15) is 0 Å². The second-order valence-electron chi connectivity index (χ2n) is 5.94. The van der Waals surface area contributed by atoms with E-state index >= 15 is 0 Å². The first kappa shape index (κ1) is 12.8. The van der Waals surface area contributed by atoms with Crippen molar-refractivity contribution in [2.45, 2.75) is 38.1 Å². The van der Waals surface area contributed by atoms with Crippen LogP contribution in [0.1, 0.15) is 43.7 Å². The van der Waals surface area contributed by atoms with E-state index in [0.717, 1.165) is 29.7 Å². The molecule has 2 aliphatic carbocycles. The van der Waals surface area contributed by atoms with Crippen LogP contribution < -0.4 is 5.73 Å². The van der Waals surface area contributed by atoms with E-state index in [0.29, 0.717) is 10.0 Å². The van der Waals surface area contributed by atoms with Gasteiger partial charge in [0.05, 0.1) is 0 Å². The molecule has 0 heterocycles. The summed E-state index contributed by atoms with van der Waals surface area (Å²) >= 11 is 12.1. The molecule has 1 aromatic rings. The van der Waals surface area contributed by atoms with Crippen molar-refractivity contribution < 1.29 is 0 Å². The van der Waals surface area contributed by atoms with E-state index in [9.17, 15) is 0 Å². The van der Waals surface area contributed by atoms with Gasteiger partial charge in [0.25, 0.3) is 0 Å². The summed E-state index contributed by atoms with van der Waals surface area (Å²) in [6, 6.07) is 5.70. The van der Waals surface area contributed by atoms with E-state index in [1.165, 1.54) is 25.7 Å². The molecule has 0 amide bonds. The van der Waals surface area contributed by atoms with Gasteiger partial charge in [0, 0.05) is 16.1 Å². The maximum atomic E-state index is 6.33. The molecule has 1 nitrogen and oxygen atoms in total. The van der Waals surface area contributed by atoms with Crippen molar-refractivity contribution in [3.8, 4) is 0 Å². The molecule has 3 heteroatoms. The van der Waals surface area contributed by atoms with Crippen LogP contribution in [0.3, 0.4) is 0 Å². The van der Waals surface area contributed by atoms with Crippen LogP contribution >= 0.6 is 23.2 Å². The molecule has 0 spiro atoms. The average molecular weight is 284 g/mol. The quantitative estimate of drug-likeness (QED) is 0.846. The Balaban J connectivity index is 1.69. The molecular weight excluding hydrogens is 265 g/mol. The van der Waals surface area contributed by atoms with Crippen LogP contribution in [0, 0.1) is 17.8 Å². The molecule has 2 saturated carbocycles. The highest BCUT2D eigenvalue weighted by molar-refractivity contribution is 6.35. The van der Waals surface area contributed by atoms with Gasteiger partial charge in [0.15, 0.2) is 0 Å². The monoisotopic (exact) mass is 283 g/mol. The van der Waals surface area contributed by atoms with E-state index in [2.05, 4.69) is 0 Å². The predicted molar refractivity (Wildman–Crippen MR) is 76.9 cm³/mol. The molecule has 0 aliphatic heterocycles. The number of halogens is 2. The van der Waals surface area contributed by atoms with Gasteiger partial charge in [-0.2, -0.15) is 0 Å². The molecule has 3 rings (SSSR count). The molecule has 4 atom stereocenters. The van der Waals surface area contributed by atoms with E-state index in [1.54, 1.807) is 6.07 Å². The summed E-state index contributed by atoms with van der Waals surface area (Å²) < 4.78 is 0. The minimum atomic E-state index is 0.0547. The molecular formula is C15H19Cl2N. The fourth-order valence-electron chi connectivity index (χ4n) is 3.92. The first-order valence-electron chi connectivity index (χ1n) is 6.84. The molecule has 0 aromatic heterocycles. The van der Waals surface area contributed by atoms with Crippen LogP contribution in [-0.4, -0.2) is 0 Å². The summed E-state index contributed by atoms with van der Waals surface area (Å²) in [5.74, 6) is 2.71. The largest absolute Gasteiger partial charge is 0.324 e. The van der Waals surface area contributed by atoms with E-state index < -0.39 is 0 Å². The van der Waals surface area contributed by atoms with E-state index in [4.69, 9.17) is 28.9 Å². The summed E-state index contributed by atoms with van der Waals surface area (Å²) in [5, 5.41) is 1.38. The lowest BCUT2D eigenvalue weighted by Crippen LogP contribution is -2.19. The summed E-state index contributed by atoms with van der Waals surface area (Å²) in [6.45, 7) is 0. The van der Waals surface area contributed by atoms with Crippen molar-refractivity contribution >= 4 is 23.2 Å². The highest BCUT2D eigenvalue weighted by atomic mass is 35.5. The maximum absolute atomic E-state index is 6.33. The Labute approximate surface area is 119 Å². The van der Waals surface area contributed by atoms with Crippen LogP contribution in [0.15, 0.2) is 18.2 Å². The standard InChI is InChI=1S/C15H19Cl2N/c16-12-3-4-13(14(17)8-12)15(18)7-11-6-9-1-2-10(11)5-9/h3-4,8-11,15H,1-2,5-7,18H2. The summed E-state index contributed by atoms with van der Waals surface area (Å²) in [6.07, 6.45) is 6.74. The van der Waals surface area contributed by atoms with Crippen molar-refractivity contribution in [3.05, 3.63) is 33.8 Å². The zero-order chi connectivity index (χ0) is 12.7. The van der Waals surface area contributed by atoms with Gasteiger partial charge in [-0.05, 0) is 61.1 Å². The second kappa shape index (κ2) is 5.03. The van der Waals surface area contributed by atoms with Crippen molar-refractivity contribution in [1.82, 2.24) is 0 Å². The highest BCUT2D eigenvalue weighted by Crippen LogP contribution is 2.50. The predicted octanol–water partition coefficient (Wildman–Crippen LogP) is 4.82. The maximum Gasteiger partial charge on any atom is 0.0468 e. The number of nitrogens with two attached hydrogens (primary N) is 1. The third kappa shape index (κ3) is 2.41. The topological polar surface area (TPSA) is 26.0 Å². The van der Waals surface area contributed by atoms with Crippen molar-refractivity contribution in [3.63, 3.8) is 0 Å². The number of rotatable bonds is 3. The highest BCUT2D eigenvalue weighted by Gasteiger charge is 2.39. The van der Waals surface area contributed by atoms with Crippen LogP contribution in [0.25, 0.3) is 0 Å². The molecule has 0 saturated heterocycles. The first-order valence-corrected chi connectivity index (χ1v) is 7.59. The number of hydrogen-bond acceptors (Lipinski definition) is 1. The average Bonchev–Trinajstić information content (AvgIpc) is 2.90. The normalized spacial score (nSPS) is 31.8. The fraction of sp³-hybridized carbons (Fsp3) is 0.600. The summed E-state index contributed by atoms with van der Waals surface area (Å²) in [5.41, 5.74) is 7.38. The Morgan fingerprint density at radius 1 is 1.22 bits per heavy atom. The zero-order valence-corrected chi connectivity index (χ0v) is 11.9. The van der Waals surface area contributed by atoms with Crippen LogP contribution in [-0.2, 0) is 0 Å². The zero-order valence-electron chi connectivity index (χ0n) is 10.4. The van der Waals surface area contributed by atoms with Gasteiger partial charge >= 0.3 is 0 Å². The minimum Gasteiger partial charge on any atom is -0.324 e. The molecule has 1 aromatic carbocycles. The van der Waals surface area contributed by atoms with Crippen molar-refractivity contribution in [2.75, 3.05) is 0 Å². The Morgan fingerprint density at radius 3 is 2.67 bits per heavy atom. The van der Waals surface area contributed by atoms with Crippen LogP contribution in [0.4, 0.5) is 0 Å². The molecule has 2 aliphatic rings. The molecule has 2 N–H and O–H groups in total. The minimum absolute atomic E-state index is 0.0547. The molecule has 18 heavy (non-hydrogen) atoms. The van der Waals surface area contributed by atoms with E-state index in [1.807, 2.05) is 12.1 Å². The van der Waals surface area contributed by atoms with Gasteiger partial charge in [-0.1, -0.05) is 35.7 Å². The molecule has 98 valence electrons. The second-order valence-corrected chi connectivity index (χ2v) is 6.79. The Morgan fingerprint density at radius 2 is 2.06 bits per heavy atom. The van der Waals surface area contributed by atoms with Crippen LogP contribution in [0.2, 0.25) is 10.0 Å². The third-order valence-corrected chi connectivity index (χ3v) is 5.37. The van der Waals surface area contributed by atoms with Gasteiger partial charge in [0.2, 0.25) is 0 Å². The lowest BCUT2D eigenvalue weighted by molar-refractivity contribution is 0.296. The molecule has 2 fully saturated rings. The number of fused-ring (bicyclic) bond motifs is 2. The van der Waals surface area contributed by atoms with Crippen molar-refractivity contribution in [1.29, 1.82) is 0 Å². The third-order valence-electron chi connectivity index (χ3n) is 4.80. The number of benzene rings is 1. The van der Waals surface area contributed by atoms with Gasteiger partial charge in [-0.3, -0.25) is 0 Å². The summed E-state index contributed by atoms with van der Waals surface area (Å²) in [7, 11) is 0. The van der Waals surface area contributed by atoms with Gasteiger partial charge < -0.3 is 5.73 Å². The smallest absolute Gasteiger partial charge is 0.0468 e. The van der Waals surface area contributed by atoms with E-state index in [-0.39, 0.29) is 6.04 Å². The first-order chi connectivity index (χ1) is 8.63. The lowest BCUT2D eigenvalue weighted by Gasteiger charge is -2.25. The molecule has 4 unspecified atom stereocenters. The number of hydrogen-bond donors (Lipinski definition) is 1. The van der Waals surface area contributed by atoms with Crippen molar-refractivity contribution in [2.24, 2.45) is 23.5 Å². The van der Waals surface area contributed by atoms with Gasteiger partial charge in [-0.25, -0.2) is 0 Å². The lowest BCUT2D eigenvalue weighted by atomic mass is 9.83. The summed E-state index contributed by atoms with van der Waals surface area (Å²) in [4.78, 5) is 0. The Hall–Kier alpha value is -0.240. The molecule has 2 bridgehead atoms. The van der Waals surface area contributed by atoms with Crippen LogP contribution in [0.5, 0.6) is 0 Å². The Kier molecular flexibility index (Phi) is 3.57. The fourth-order valence-corrected chi connectivity index (χ4v) is 4.47. The van der Waals surface area contributed by atoms with Gasteiger partial charge in [-0.15, -0.1) is 0 Å².